The van der Waals surface area contributed by atoms with Crippen LogP contribution in [0.15, 0.2) is 47.4 Å². The van der Waals surface area contributed by atoms with Crippen LogP contribution in [0.5, 0.6) is 5.75 Å². The normalized spacial score (nSPS) is 16.3. The van der Waals surface area contributed by atoms with Crippen molar-refractivity contribution in [2.24, 2.45) is 0 Å². The minimum atomic E-state index is -0.266. The van der Waals surface area contributed by atoms with Gasteiger partial charge in [-0.25, -0.2) is 4.39 Å². The Bertz CT molecular complexity index is 718. The largest absolute Gasteiger partial charge is 0.493 e. The Kier molecular flexibility index (Phi) is 5.41. The molecule has 0 spiro atoms. The second-order valence-corrected chi connectivity index (χ2v) is 6.99. The first-order chi connectivity index (χ1) is 11.6. The van der Waals surface area contributed by atoms with Gasteiger partial charge in [0.1, 0.15) is 11.6 Å². The first-order valence-electron chi connectivity index (χ1n) is 8.03. The molecule has 24 heavy (non-hydrogen) atoms. The van der Waals surface area contributed by atoms with Crippen molar-refractivity contribution >= 4 is 17.7 Å². The number of carbonyl (C=O) groups is 1. The van der Waals surface area contributed by atoms with E-state index in [4.69, 9.17) is 4.74 Å². The van der Waals surface area contributed by atoms with Gasteiger partial charge in [-0.1, -0.05) is 17.7 Å². The zero-order valence-corrected chi connectivity index (χ0v) is 14.4. The van der Waals surface area contributed by atoms with Gasteiger partial charge < -0.3 is 10.1 Å². The molecule has 3 rings (SSSR count). The molecule has 0 bridgehead atoms. The number of amides is 1. The third-order valence-corrected chi connectivity index (χ3v) is 5.09. The lowest BCUT2D eigenvalue weighted by Crippen LogP contribution is -2.31. The van der Waals surface area contributed by atoms with Gasteiger partial charge >= 0.3 is 0 Å². The van der Waals surface area contributed by atoms with E-state index < -0.39 is 0 Å². The lowest BCUT2D eigenvalue weighted by atomic mass is 10.0. The van der Waals surface area contributed by atoms with Crippen molar-refractivity contribution in [3.8, 4) is 5.75 Å². The Balaban J connectivity index is 1.52. The maximum atomic E-state index is 13.5. The topological polar surface area (TPSA) is 38.3 Å². The third-order valence-electron chi connectivity index (χ3n) is 3.97. The lowest BCUT2D eigenvalue weighted by Gasteiger charge is -2.26. The average Bonchev–Trinajstić information content (AvgIpc) is 2.57. The molecule has 0 saturated carbocycles. The van der Waals surface area contributed by atoms with Crippen LogP contribution < -0.4 is 10.1 Å². The van der Waals surface area contributed by atoms with E-state index in [1.54, 1.807) is 17.8 Å². The van der Waals surface area contributed by atoms with E-state index in [1.165, 1.54) is 17.7 Å². The number of carbonyl (C=O) groups excluding carboxylic acids is 1. The molecule has 1 atom stereocenters. The Labute approximate surface area is 145 Å². The van der Waals surface area contributed by atoms with E-state index in [1.807, 2.05) is 31.2 Å². The minimum Gasteiger partial charge on any atom is -0.493 e. The van der Waals surface area contributed by atoms with Crippen molar-refractivity contribution in [1.82, 2.24) is 5.32 Å². The second kappa shape index (κ2) is 7.71. The van der Waals surface area contributed by atoms with Crippen molar-refractivity contribution in [2.45, 2.75) is 30.7 Å². The molecule has 0 aliphatic carbocycles. The molecule has 2 aromatic rings. The summed E-state index contributed by atoms with van der Waals surface area (Å²) in [7, 11) is 0. The number of hydrogen-bond donors (Lipinski definition) is 1. The molecule has 1 unspecified atom stereocenters. The summed E-state index contributed by atoms with van der Waals surface area (Å²) in [5.41, 5.74) is 2.04. The van der Waals surface area contributed by atoms with Crippen molar-refractivity contribution in [1.29, 1.82) is 0 Å². The quantitative estimate of drug-likeness (QED) is 0.880. The van der Waals surface area contributed by atoms with Gasteiger partial charge in [0.25, 0.3) is 0 Å². The van der Waals surface area contributed by atoms with Gasteiger partial charge in [0, 0.05) is 10.6 Å². The maximum absolute atomic E-state index is 13.5. The molecule has 1 aliphatic rings. The number of benzene rings is 2. The highest BCUT2D eigenvalue weighted by Crippen LogP contribution is 2.36. The molecule has 3 nitrogen and oxygen atoms in total. The first kappa shape index (κ1) is 16.8. The van der Waals surface area contributed by atoms with Gasteiger partial charge in [0.05, 0.1) is 19.1 Å². The Morgan fingerprint density at radius 2 is 2.08 bits per heavy atom. The number of rotatable bonds is 5. The van der Waals surface area contributed by atoms with Gasteiger partial charge in [-0.15, -0.1) is 11.8 Å². The number of nitrogens with one attached hydrogen (secondary N) is 1. The molecule has 0 saturated heterocycles. The molecule has 5 heteroatoms. The maximum Gasteiger partial charge on any atom is 0.223 e. The fourth-order valence-corrected chi connectivity index (χ4v) is 3.78. The van der Waals surface area contributed by atoms with Crippen LogP contribution in [0.3, 0.4) is 0 Å². The van der Waals surface area contributed by atoms with E-state index in [9.17, 15) is 9.18 Å². The van der Waals surface area contributed by atoms with Gasteiger partial charge in [-0.2, -0.15) is 0 Å². The number of ether oxygens (including phenoxy) is 1. The smallest absolute Gasteiger partial charge is 0.223 e. The molecule has 0 radical (unpaired) electrons. The summed E-state index contributed by atoms with van der Waals surface area (Å²) in [5.74, 6) is 1.34. The molecular weight excluding hydrogens is 325 g/mol. The Hall–Kier alpha value is -2.01. The number of aryl methyl sites for hydroxylation is 1. The summed E-state index contributed by atoms with van der Waals surface area (Å²) in [5, 5.41) is 3.00. The van der Waals surface area contributed by atoms with Crippen LogP contribution in [0.4, 0.5) is 4.39 Å². The summed E-state index contributed by atoms with van der Waals surface area (Å²) in [6.07, 6.45) is 1.09. The number of halogens is 1. The Morgan fingerprint density at radius 1 is 1.29 bits per heavy atom. The summed E-state index contributed by atoms with van der Waals surface area (Å²) in [6, 6.07) is 12.4. The monoisotopic (exact) mass is 345 g/mol. The second-order valence-electron chi connectivity index (χ2n) is 5.85. The van der Waals surface area contributed by atoms with Gasteiger partial charge in [-0.05, 0) is 49.2 Å². The fraction of sp³-hybridized carbons (Fsp3) is 0.316. The zero-order chi connectivity index (χ0) is 16.9. The van der Waals surface area contributed by atoms with E-state index in [0.29, 0.717) is 6.61 Å². The third kappa shape index (κ3) is 4.29. The minimum absolute atomic E-state index is 0.0748. The lowest BCUT2D eigenvalue weighted by molar-refractivity contribution is -0.122. The summed E-state index contributed by atoms with van der Waals surface area (Å²) >= 11 is 1.70. The SMILES string of the molecule is Cc1ccc(OCCC(=O)NC2CCSc3ccc(F)cc32)cc1. The summed E-state index contributed by atoms with van der Waals surface area (Å²) in [6.45, 7) is 2.34. The van der Waals surface area contributed by atoms with Crippen LogP contribution in [0.1, 0.15) is 30.0 Å². The first-order valence-corrected chi connectivity index (χ1v) is 9.01. The van der Waals surface area contributed by atoms with Crippen LogP contribution in [0, 0.1) is 12.7 Å². The van der Waals surface area contributed by atoms with Crippen LogP contribution in [-0.4, -0.2) is 18.3 Å². The zero-order valence-electron chi connectivity index (χ0n) is 13.5. The van der Waals surface area contributed by atoms with Crippen LogP contribution in [0.2, 0.25) is 0 Å². The highest BCUT2D eigenvalue weighted by Gasteiger charge is 2.22. The van der Waals surface area contributed by atoms with Crippen LogP contribution >= 0.6 is 11.8 Å². The van der Waals surface area contributed by atoms with Crippen molar-refractivity contribution in [2.75, 3.05) is 12.4 Å². The van der Waals surface area contributed by atoms with Crippen molar-refractivity contribution in [3.63, 3.8) is 0 Å². The van der Waals surface area contributed by atoms with E-state index >= 15 is 0 Å². The molecule has 1 N–H and O–H groups in total. The fourth-order valence-electron chi connectivity index (χ4n) is 2.68. The molecule has 1 aliphatic heterocycles. The van der Waals surface area contributed by atoms with Gasteiger partial charge in [0.15, 0.2) is 0 Å². The van der Waals surface area contributed by atoms with Gasteiger partial charge in [-0.3, -0.25) is 4.79 Å². The summed E-state index contributed by atoms with van der Waals surface area (Å²) in [4.78, 5) is 13.2. The van der Waals surface area contributed by atoms with Crippen LogP contribution in [0.25, 0.3) is 0 Å². The highest BCUT2D eigenvalue weighted by atomic mass is 32.2. The predicted octanol–water partition coefficient (Wildman–Crippen LogP) is 4.26. The molecule has 1 amide bonds. The van der Waals surface area contributed by atoms with Gasteiger partial charge in [0.2, 0.25) is 5.91 Å². The highest BCUT2D eigenvalue weighted by molar-refractivity contribution is 7.99. The van der Waals surface area contributed by atoms with Crippen molar-refractivity contribution in [3.05, 3.63) is 59.4 Å². The molecule has 1 heterocycles. The summed E-state index contributed by atoms with van der Waals surface area (Å²) < 4.78 is 19.1. The number of hydrogen-bond acceptors (Lipinski definition) is 3. The molecule has 2 aromatic carbocycles. The van der Waals surface area contributed by atoms with E-state index in [-0.39, 0.29) is 24.2 Å². The standard InChI is InChI=1S/C19H20FNO2S/c1-13-2-5-15(6-3-13)23-10-8-19(22)21-17-9-11-24-18-7-4-14(20)12-16(17)18/h2-7,12,17H,8-11H2,1H3,(H,21,22). The average molecular weight is 345 g/mol. The molecule has 126 valence electrons. The Morgan fingerprint density at radius 3 is 2.88 bits per heavy atom. The van der Waals surface area contributed by atoms with E-state index in [2.05, 4.69) is 5.32 Å². The molecular formula is C19H20FNO2S. The number of fused-ring (bicyclic) bond motifs is 1. The van der Waals surface area contributed by atoms with Crippen molar-refractivity contribution < 1.29 is 13.9 Å². The number of thioether (sulfide) groups is 1. The van der Waals surface area contributed by atoms with Crippen LogP contribution in [-0.2, 0) is 4.79 Å². The predicted molar refractivity (Wildman–Crippen MR) is 93.9 cm³/mol. The van der Waals surface area contributed by atoms with E-state index in [0.717, 1.165) is 28.4 Å². The molecule has 0 fully saturated rings. The molecule has 0 aromatic heterocycles.